The number of fused-ring (bicyclic) bond motifs is 2. The lowest BCUT2D eigenvalue weighted by molar-refractivity contribution is 0.0946. The Labute approximate surface area is 138 Å². The van der Waals surface area contributed by atoms with Crippen LogP contribution in [0.25, 0.3) is 16.6 Å². The average molecular weight is 319 g/mol. The van der Waals surface area contributed by atoms with Gasteiger partial charge in [0.25, 0.3) is 5.91 Å². The highest BCUT2D eigenvalue weighted by molar-refractivity contribution is 5.93. The van der Waals surface area contributed by atoms with Gasteiger partial charge >= 0.3 is 0 Å². The smallest absolute Gasteiger partial charge is 0.270 e. The number of nitrogens with one attached hydrogen (secondary N) is 2. The number of nitrogens with zero attached hydrogens (tertiary/aromatic N) is 3. The molecule has 3 aromatic heterocycles. The van der Waals surface area contributed by atoms with Gasteiger partial charge in [-0.25, -0.2) is 9.50 Å². The molecule has 0 unspecified atom stereocenters. The Morgan fingerprint density at radius 1 is 1.29 bits per heavy atom. The van der Waals surface area contributed by atoms with E-state index in [0.29, 0.717) is 17.9 Å². The number of carbonyl (C=O) groups excluding carboxylic acids is 1. The van der Waals surface area contributed by atoms with Crippen LogP contribution in [-0.2, 0) is 6.42 Å². The molecule has 1 aromatic carbocycles. The predicted molar refractivity (Wildman–Crippen MR) is 92.1 cm³/mol. The van der Waals surface area contributed by atoms with Gasteiger partial charge in [-0.1, -0.05) is 18.2 Å². The third kappa shape index (κ3) is 2.52. The summed E-state index contributed by atoms with van der Waals surface area (Å²) in [5, 5.41) is 8.48. The number of aromatic amines is 1. The Hall–Kier alpha value is -3.15. The van der Waals surface area contributed by atoms with Gasteiger partial charge in [-0.15, -0.1) is 0 Å². The fourth-order valence-electron chi connectivity index (χ4n) is 2.92. The van der Waals surface area contributed by atoms with Crippen molar-refractivity contribution < 1.29 is 4.79 Å². The molecule has 24 heavy (non-hydrogen) atoms. The summed E-state index contributed by atoms with van der Waals surface area (Å²) in [6.07, 6.45) is 4.39. The molecule has 4 aromatic rings. The van der Waals surface area contributed by atoms with Gasteiger partial charge in [0.2, 0.25) is 0 Å². The maximum absolute atomic E-state index is 12.5. The van der Waals surface area contributed by atoms with Gasteiger partial charge in [0.15, 0.2) is 5.65 Å². The summed E-state index contributed by atoms with van der Waals surface area (Å²) in [7, 11) is 0. The largest absolute Gasteiger partial charge is 0.361 e. The Morgan fingerprint density at radius 2 is 2.17 bits per heavy atom. The van der Waals surface area contributed by atoms with Crippen molar-refractivity contribution in [2.45, 2.75) is 13.3 Å². The number of aryl methyl sites for hydroxylation is 1. The standard InChI is InChI=1S/C18H17N5O/c1-12-10-17-19-9-7-16(23(17)22-12)18(24)20-8-6-13-11-21-15-5-3-2-4-14(13)15/h2-5,7,9-11,21H,6,8H2,1H3,(H,20,24). The lowest BCUT2D eigenvalue weighted by Crippen LogP contribution is -2.27. The third-order valence-electron chi connectivity index (χ3n) is 4.07. The van der Waals surface area contributed by atoms with Crippen LogP contribution in [0.3, 0.4) is 0 Å². The van der Waals surface area contributed by atoms with Crippen LogP contribution in [0, 0.1) is 6.92 Å². The molecule has 3 heterocycles. The molecule has 0 saturated carbocycles. The van der Waals surface area contributed by atoms with E-state index < -0.39 is 0 Å². The Balaban J connectivity index is 1.48. The molecule has 0 aliphatic carbocycles. The second-order valence-electron chi connectivity index (χ2n) is 5.75. The van der Waals surface area contributed by atoms with Crippen molar-refractivity contribution in [1.82, 2.24) is 24.9 Å². The summed E-state index contributed by atoms with van der Waals surface area (Å²) in [6, 6.07) is 11.7. The zero-order valence-electron chi connectivity index (χ0n) is 13.3. The molecule has 0 bridgehead atoms. The SMILES string of the molecule is Cc1cc2nccc(C(=O)NCCc3c[nH]c4ccccc34)n2n1. The molecule has 0 atom stereocenters. The Bertz CT molecular complexity index is 1030. The van der Waals surface area contributed by atoms with Gasteiger partial charge in [0.05, 0.1) is 5.69 Å². The van der Waals surface area contributed by atoms with Gasteiger partial charge in [-0.3, -0.25) is 4.79 Å². The molecule has 0 saturated heterocycles. The first kappa shape index (κ1) is 14.4. The fourth-order valence-corrected chi connectivity index (χ4v) is 2.92. The maximum Gasteiger partial charge on any atom is 0.270 e. The number of aromatic nitrogens is 4. The number of para-hydroxylation sites is 1. The van der Waals surface area contributed by atoms with E-state index in [9.17, 15) is 4.79 Å². The van der Waals surface area contributed by atoms with Crippen LogP contribution in [0.4, 0.5) is 0 Å². The highest BCUT2D eigenvalue weighted by Gasteiger charge is 2.12. The topological polar surface area (TPSA) is 75.1 Å². The summed E-state index contributed by atoms with van der Waals surface area (Å²) in [6.45, 7) is 2.44. The normalized spacial score (nSPS) is 11.2. The first-order chi connectivity index (χ1) is 11.7. The van der Waals surface area contributed by atoms with Gasteiger partial charge in [0.1, 0.15) is 5.69 Å². The molecule has 4 rings (SSSR count). The van der Waals surface area contributed by atoms with Crippen molar-refractivity contribution in [3.05, 3.63) is 65.7 Å². The van der Waals surface area contributed by atoms with Crippen molar-refractivity contribution in [2.24, 2.45) is 0 Å². The summed E-state index contributed by atoms with van der Waals surface area (Å²) >= 11 is 0. The van der Waals surface area contributed by atoms with Gasteiger partial charge in [-0.2, -0.15) is 5.10 Å². The monoisotopic (exact) mass is 319 g/mol. The average Bonchev–Trinajstić information content (AvgIpc) is 3.17. The first-order valence-electron chi connectivity index (χ1n) is 7.87. The molecule has 0 fully saturated rings. The van der Waals surface area contributed by atoms with E-state index in [1.165, 1.54) is 10.9 Å². The highest BCUT2D eigenvalue weighted by atomic mass is 16.1. The molecule has 6 heteroatoms. The molecular formula is C18H17N5O. The number of hydrogen-bond acceptors (Lipinski definition) is 3. The molecule has 0 aliphatic rings. The lowest BCUT2D eigenvalue weighted by Gasteiger charge is -2.06. The predicted octanol–water partition coefficient (Wildman–Crippen LogP) is 2.49. The number of rotatable bonds is 4. The molecule has 0 radical (unpaired) electrons. The molecule has 0 spiro atoms. The van der Waals surface area contributed by atoms with E-state index in [0.717, 1.165) is 17.6 Å². The van der Waals surface area contributed by atoms with E-state index >= 15 is 0 Å². The van der Waals surface area contributed by atoms with E-state index in [-0.39, 0.29) is 5.91 Å². The van der Waals surface area contributed by atoms with E-state index in [1.54, 1.807) is 16.8 Å². The van der Waals surface area contributed by atoms with Gasteiger partial charge in [0, 0.05) is 35.9 Å². The summed E-state index contributed by atoms with van der Waals surface area (Å²) in [5.41, 5.74) is 4.31. The van der Waals surface area contributed by atoms with Crippen LogP contribution >= 0.6 is 0 Å². The highest BCUT2D eigenvalue weighted by Crippen LogP contribution is 2.17. The molecule has 1 amide bonds. The zero-order chi connectivity index (χ0) is 16.5. The minimum Gasteiger partial charge on any atom is -0.361 e. The first-order valence-corrected chi connectivity index (χ1v) is 7.87. The number of H-pyrrole nitrogens is 1. The summed E-state index contributed by atoms with van der Waals surface area (Å²) < 4.78 is 1.58. The van der Waals surface area contributed by atoms with Crippen molar-refractivity contribution in [2.75, 3.05) is 6.54 Å². The maximum atomic E-state index is 12.5. The van der Waals surface area contributed by atoms with Crippen LogP contribution < -0.4 is 5.32 Å². The molecule has 6 nitrogen and oxygen atoms in total. The number of benzene rings is 1. The van der Waals surface area contributed by atoms with Crippen LogP contribution in [0.2, 0.25) is 0 Å². The van der Waals surface area contributed by atoms with E-state index in [4.69, 9.17) is 0 Å². The quantitative estimate of drug-likeness (QED) is 0.607. The van der Waals surface area contributed by atoms with Crippen LogP contribution in [0.15, 0.2) is 48.8 Å². The molecule has 120 valence electrons. The van der Waals surface area contributed by atoms with E-state index in [1.807, 2.05) is 37.4 Å². The van der Waals surface area contributed by atoms with Crippen LogP contribution in [0.1, 0.15) is 21.7 Å². The van der Waals surface area contributed by atoms with Crippen molar-refractivity contribution >= 4 is 22.5 Å². The Kier molecular flexibility index (Phi) is 3.49. The van der Waals surface area contributed by atoms with Crippen molar-refractivity contribution in [1.29, 1.82) is 0 Å². The summed E-state index contributed by atoms with van der Waals surface area (Å²) in [5.74, 6) is -0.148. The van der Waals surface area contributed by atoms with Crippen molar-refractivity contribution in [3.63, 3.8) is 0 Å². The third-order valence-corrected chi connectivity index (χ3v) is 4.07. The second-order valence-corrected chi connectivity index (χ2v) is 5.75. The summed E-state index contributed by atoms with van der Waals surface area (Å²) in [4.78, 5) is 19.9. The van der Waals surface area contributed by atoms with E-state index in [2.05, 4.69) is 26.4 Å². The molecule has 0 aliphatic heterocycles. The molecular weight excluding hydrogens is 302 g/mol. The second kappa shape index (κ2) is 5.81. The zero-order valence-corrected chi connectivity index (χ0v) is 13.3. The Morgan fingerprint density at radius 3 is 3.08 bits per heavy atom. The van der Waals surface area contributed by atoms with Crippen LogP contribution in [-0.4, -0.2) is 32.0 Å². The fraction of sp³-hybridized carbons (Fsp3) is 0.167. The van der Waals surface area contributed by atoms with Gasteiger partial charge < -0.3 is 10.3 Å². The molecule has 2 N–H and O–H groups in total. The number of carbonyl (C=O) groups is 1. The minimum absolute atomic E-state index is 0.148. The minimum atomic E-state index is -0.148. The van der Waals surface area contributed by atoms with Crippen LogP contribution in [0.5, 0.6) is 0 Å². The number of amides is 1. The van der Waals surface area contributed by atoms with Gasteiger partial charge in [-0.05, 0) is 31.0 Å². The lowest BCUT2D eigenvalue weighted by atomic mass is 10.1. The number of hydrogen-bond donors (Lipinski definition) is 2. The van der Waals surface area contributed by atoms with Crippen molar-refractivity contribution in [3.8, 4) is 0 Å².